The molecular weight excluding hydrogens is 536 g/mol. The lowest BCUT2D eigenvalue weighted by molar-refractivity contribution is -0.143. The molecule has 2 heteroatoms. The lowest BCUT2D eigenvalue weighted by atomic mass is 9.89. The summed E-state index contributed by atoms with van der Waals surface area (Å²) in [6.45, 7) is 7.48. The number of rotatable bonds is 38. The standard InChI is InChI=1S/C42H84O2/c1-4-7-10-13-15-17-19-20-21-22-24-26-29-32-37-41(36-31-28-25-23-18-16-14-11-8-5-2)38-33-30-35-40-44-42(43)39-34-27-12-9-6-3/h41H,4-40H2,1-3H3. The molecule has 0 aromatic rings. The van der Waals surface area contributed by atoms with Crippen LogP contribution >= 0.6 is 0 Å². The molecule has 1 atom stereocenters. The van der Waals surface area contributed by atoms with E-state index >= 15 is 0 Å². The maximum Gasteiger partial charge on any atom is 0.305 e. The Balaban J connectivity index is 3.97. The third kappa shape index (κ3) is 35.9. The van der Waals surface area contributed by atoms with Crippen molar-refractivity contribution >= 4 is 5.97 Å². The van der Waals surface area contributed by atoms with E-state index in [-0.39, 0.29) is 5.97 Å². The molecule has 2 nitrogen and oxygen atoms in total. The number of hydrogen-bond donors (Lipinski definition) is 0. The van der Waals surface area contributed by atoms with Crippen molar-refractivity contribution in [2.45, 2.75) is 252 Å². The molecule has 0 N–H and O–H groups in total. The SMILES string of the molecule is CCCCCCCCCCCCCCCCC(CCCCCCCCCCCC)CCCCCOC(=O)CCCCCCC. The van der Waals surface area contributed by atoms with Crippen molar-refractivity contribution in [2.24, 2.45) is 5.92 Å². The quantitative estimate of drug-likeness (QED) is 0.0507. The summed E-state index contributed by atoms with van der Waals surface area (Å²) in [4.78, 5) is 12.0. The Kier molecular flexibility index (Phi) is 38.2. The van der Waals surface area contributed by atoms with Crippen LogP contribution in [0.3, 0.4) is 0 Å². The van der Waals surface area contributed by atoms with Crippen LogP contribution in [0.2, 0.25) is 0 Å². The van der Waals surface area contributed by atoms with Crippen molar-refractivity contribution in [1.29, 1.82) is 0 Å². The van der Waals surface area contributed by atoms with Gasteiger partial charge in [0.05, 0.1) is 6.61 Å². The monoisotopic (exact) mass is 621 g/mol. The van der Waals surface area contributed by atoms with Crippen LogP contribution in [0.4, 0.5) is 0 Å². The van der Waals surface area contributed by atoms with Gasteiger partial charge in [-0.2, -0.15) is 0 Å². The lowest BCUT2D eigenvalue weighted by Crippen LogP contribution is -2.06. The van der Waals surface area contributed by atoms with Crippen LogP contribution in [-0.4, -0.2) is 12.6 Å². The minimum Gasteiger partial charge on any atom is -0.466 e. The molecule has 0 spiro atoms. The molecule has 0 heterocycles. The van der Waals surface area contributed by atoms with Gasteiger partial charge in [-0.1, -0.05) is 233 Å². The molecule has 264 valence electrons. The summed E-state index contributed by atoms with van der Waals surface area (Å²) < 4.78 is 5.51. The first-order chi connectivity index (χ1) is 21.7. The average Bonchev–Trinajstić information content (AvgIpc) is 3.03. The van der Waals surface area contributed by atoms with Gasteiger partial charge in [0, 0.05) is 6.42 Å². The first kappa shape index (κ1) is 43.5. The zero-order valence-corrected chi connectivity index (χ0v) is 31.1. The molecule has 0 amide bonds. The summed E-state index contributed by atoms with van der Waals surface area (Å²) >= 11 is 0. The van der Waals surface area contributed by atoms with E-state index in [1.54, 1.807) is 0 Å². The van der Waals surface area contributed by atoms with E-state index in [4.69, 9.17) is 4.74 Å². The molecule has 0 aromatic carbocycles. The Labute approximate surface area is 279 Å². The van der Waals surface area contributed by atoms with Crippen LogP contribution in [-0.2, 0) is 9.53 Å². The van der Waals surface area contributed by atoms with E-state index in [9.17, 15) is 4.79 Å². The molecule has 0 rings (SSSR count). The van der Waals surface area contributed by atoms with Gasteiger partial charge in [-0.15, -0.1) is 0 Å². The molecule has 0 aliphatic heterocycles. The van der Waals surface area contributed by atoms with Crippen LogP contribution in [0.5, 0.6) is 0 Å². The van der Waals surface area contributed by atoms with Crippen LogP contribution in [0.15, 0.2) is 0 Å². The Bertz CT molecular complexity index is 530. The first-order valence-electron chi connectivity index (χ1n) is 20.9. The molecule has 0 saturated carbocycles. The highest BCUT2D eigenvalue weighted by atomic mass is 16.5. The van der Waals surface area contributed by atoms with Gasteiger partial charge in [-0.3, -0.25) is 4.79 Å². The van der Waals surface area contributed by atoms with Crippen LogP contribution in [0.1, 0.15) is 252 Å². The number of unbranched alkanes of at least 4 members (excludes halogenated alkanes) is 28. The molecule has 0 aliphatic rings. The summed E-state index contributed by atoms with van der Waals surface area (Å²) in [7, 11) is 0. The number of hydrogen-bond acceptors (Lipinski definition) is 2. The van der Waals surface area contributed by atoms with Crippen LogP contribution in [0.25, 0.3) is 0 Å². The number of ether oxygens (including phenoxy) is 1. The fourth-order valence-electron chi connectivity index (χ4n) is 6.82. The van der Waals surface area contributed by atoms with Crippen LogP contribution in [0, 0.1) is 5.92 Å². The van der Waals surface area contributed by atoms with E-state index in [1.165, 1.54) is 212 Å². The highest BCUT2D eigenvalue weighted by Gasteiger charge is 2.09. The second kappa shape index (κ2) is 38.7. The third-order valence-corrected chi connectivity index (χ3v) is 9.94. The fourth-order valence-corrected chi connectivity index (χ4v) is 6.82. The van der Waals surface area contributed by atoms with Gasteiger partial charge >= 0.3 is 5.97 Å². The highest BCUT2D eigenvalue weighted by Crippen LogP contribution is 2.25. The summed E-state index contributed by atoms with van der Waals surface area (Å²) in [5.74, 6) is 0.949. The first-order valence-corrected chi connectivity index (χ1v) is 20.9. The Morgan fingerprint density at radius 2 is 0.636 bits per heavy atom. The van der Waals surface area contributed by atoms with Gasteiger partial charge in [0.2, 0.25) is 0 Å². The van der Waals surface area contributed by atoms with E-state index in [1.807, 2.05) is 0 Å². The zero-order valence-electron chi connectivity index (χ0n) is 31.1. The second-order valence-electron chi connectivity index (χ2n) is 14.5. The minimum atomic E-state index is 0.0261. The molecule has 1 unspecified atom stereocenters. The van der Waals surface area contributed by atoms with Gasteiger partial charge < -0.3 is 4.74 Å². The summed E-state index contributed by atoms with van der Waals surface area (Å²) in [6, 6.07) is 0. The molecule has 0 saturated heterocycles. The molecule has 44 heavy (non-hydrogen) atoms. The largest absolute Gasteiger partial charge is 0.466 e. The smallest absolute Gasteiger partial charge is 0.305 e. The Morgan fingerprint density at radius 1 is 0.364 bits per heavy atom. The van der Waals surface area contributed by atoms with Gasteiger partial charge in [0.25, 0.3) is 0 Å². The van der Waals surface area contributed by atoms with Gasteiger partial charge in [0.15, 0.2) is 0 Å². The van der Waals surface area contributed by atoms with Crippen molar-refractivity contribution in [3.05, 3.63) is 0 Å². The second-order valence-corrected chi connectivity index (χ2v) is 14.5. The summed E-state index contributed by atoms with van der Waals surface area (Å²) in [5.41, 5.74) is 0. The van der Waals surface area contributed by atoms with E-state index < -0.39 is 0 Å². The molecular formula is C42H84O2. The molecule has 0 fully saturated rings. The maximum atomic E-state index is 12.0. The van der Waals surface area contributed by atoms with Crippen molar-refractivity contribution in [1.82, 2.24) is 0 Å². The predicted octanol–water partition coefficient (Wildman–Crippen LogP) is 15.2. The third-order valence-electron chi connectivity index (χ3n) is 9.94. The average molecular weight is 621 g/mol. The number of carbonyl (C=O) groups is 1. The molecule has 0 bridgehead atoms. The Hall–Kier alpha value is -0.530. The molecule has 0 aliphatic carbocycles. The zero-order chi connectivity index (χ0) is 32.0. The maximum absolute atomic E-state index is 12.0. The van der Waals surface area contributed by atoms with Gasteiger partial charge in [-0.05, 0) is 18.8 Å². The molecule has 0 aromatic heterocycles. The normalized spacial score (nSPS) is 12.2. The summed E-state index contributed by atoms with van der Waals surface area (Å²) in [6.07, 6.45) is 49.1. The van der Waals surface area contributed by atoms with E-state index in [0.717, 1.165) is 18.8 Å². The minimum absolute atomic E-state index is 0.0261. The van der Waals surface area contributed by atoms with E-state index in [0.29, 0.717) is 13.0 Å². The highest BCUT2D eigenvalue weighted by molar-refractivity contribution is 5.69. The van der Waals surface area contributed by atoms with Crippen molar-refractivity contribution in [3.8, 4) is 0 Å². The van der Waals surface area contributed by atoms with Crippen molar-refractivity contribution < 1.29 is 9.53 Å². The Morgan fingerprint density at radius 3 is 0.977 bits per heavy atom. The number of carbonyl (C=O) groups excluding carboxylic acids is 1. The summed E-state index contributed by atoms with van der Waals surface area (Å²) in [5, 5.41) is 0. The van der Waals surface area contributed by atoms with Gasteiger partial charge in [-0.25, -0.2) is 0 Å². The molecule has 0 radical (unpaired) electrons. The number of esters is 1. The van der Waals surface area contributed by atoms with Crippen molar-refractivity contribution in [2.75, 3.05) is 6.61 Å². The fraction of sp³-hybridized carbons (Fsp3) is 0.976. The topological polar surface area (TPSA) is 26.3 Å². The van der Waals surface area contributed by atoms with Crippen molar-refractivity contribution in [3.63, 3.8) is 0 Å². The predicted molar refractivity (Wildman–Crippen MR) is 198 cm³/mol. The van der Waals surface area contributed by atoms with Crippen LogP contribution < -0.4 is 0 Å². The van der Waals surface area contributed by atoms with Gasteiger partial charge in [0.1, 0.15) is 0 Å². The lowest BCUT2D eigenvalue weighted by Gasteiger charge is -2.17. The van der Waals surface area contributed by atoms with E-state index in [2.05, 4.69) is 20.8 Å².